The van der Waals surface area contributed by atoms with E-state index < -0.39 is 6.17 Å². The smallest absolute Gasteiger partial charge is 0.267 e. The highest BCUT2D eigenvalue weighted by Gasteiger charge is 2.11. The van der Waals surface area contributed by atoms with E-state index in [9.17, 15) is 9.18 Å². The predicted molar refractivity (Wildman–Crippen MR) is 32.2 cm³/mol. The van der Waals surface area contributed by atoms with Crippen molar-refractivity contribution in [3.8, 4) is 0 Å². The Kier molecular flexibility index (Phi) is 1.42. The molecule has 2 nitrogen and oxygen atoms in total. The molecule has 9 heavy (non-hydrogen) atoms. The van der Waals surface area contributed by atoms with Crippen LogP contribution >= 0.6 is 0 Å². The van der Waals surface area contributed by atoms with E-state index in [4.69, 9.17) is 0 Å². The zero-order chi connectivity index (χ0) is 6.85. The number of hydrogen-bond acceptors (Lipinski definition) is 1. The van der Waals surface area contributed by atoms with Crippen molar-refractivity contribution in [1.29, 1.82) is 0 Å². The molecule has 0 saturated carbocycles. The summed E-state index contributed by atoms with van der Waals surface area (Å²) in [6, 6.07) is 0. The van der Waals surface area contributed by atoms with E-state index in [0.29, 0.717) is 0 Å². The molecule has 1 aliphatic rings. The van der Waals surface area contributed by atoms with Crippen LogP contribution in [0.2, 0.25) is 0 Å². The van der Waals surface area contributed by atoms with Crippen molar-refractivity contribution >= 4 is 11.6 Å². The monoisotopic (exact) mass is 127 g/mol. The average molecular weight is 127 g/mol. The van der Waals surface area contributed by atoms with Crippen molar-refractivity contribution in [1.82, 2.24) is 0 Å². The van der Waals surface area contributed by atoms with Gasteiger partial charge in [-0.2, -0.15) is 0 Å². The molecular formula is C6H6FNO. The minimum absolute atomic E-state index is 0.238. The molecule has 0 radical (unpaired) electrons. The first kappa shape index (κ1) is 6.13. The Morgan fingerprint density at radius 2 is 2.44 bits per heavy atom. The minimum atomic E-state index is -1.16. The second-order valence-corrected chi connectivity index (χ2v) is 1.85. The van der Waals surface area contributed by atoms with Crippen molar-refractivity contribution < 1.29 is 9.18 Å². The summed E-state index contributed by atoms with van der Waals surface area (Å²) in [5.41, 5.74) is 0.238. The number of alkyl halides is 1. The molecule has 1 heterocycles. The molecule has 1 atom stereocenters. The maximum absolute atomic E-state index is 12.4. The van der Waals surface area contributed by atoms with Crippen LogP contribution < -0.4 is 0 Å². The fourth-order valence-electron chi connectivity index (χ4n) is 0.579. The lowest BCUT2D eigenvalue weighted by atomic mass is 10.2. The maximum Gasteiger partial charge on any atom is 0.269 e. The van der Waals surface area contributed by atoms with Crippen LogP contribution in [-0.2, 0) is 4.79 Å². The Balaban J connectivity index is 2.82. The number of carbonyl (C=O) groups is 1. The number of dihydropyridines is 1. The number of rotatable bonds is 0. The maximum atomic E-state index is 12.4. The Morgan fingerprint density at radius 3 is 2.89 bits per heavy atom. The van der Waals surface area contributed by atoms with Crippen LogP contribution in [-0.4, -0.2) is 17.8 Å². The molecule has 1 rings (SSSR count). The third-order valence-corrected chi connectivity index (χ3v) is 1.09. The Labute approximate surface area is 52.1 Å². The van der Waals surface area contributed by atoms with Gasteiger partial charge in [-0.15, -0.1) is 0 Å². The SMILES string of the molecule is CC1=NC(=O)C=CC1F. The van der Waals surface area contributed by atoms with Gasteiger partial charge in [-0.05, 0) is 13.0 Å². The van der Waals surface area contributed by atoms with Crippen molar-refractivity contribution in [2.75, 3.05) is 0 Å². The fourth-order valence-corrected chi connectivity index (χ4v) is 0.579. The summed E-state index contributed by atoms with van der Waals surface area (Å²) in [6.45, 7) is 1.49. The molecule has 48 valence electrons. The highest BCUT2D eigenvalue weighted by molar-refractivity contribution is 6.04. The van der Waals surface area contributed by atoms with Crippen LogP contribution in [0, 0.1) is 0 Å². The summed E-state index contributed by atoms with van der Waals surface area (Å²) in [5.74, 6) is -0.374. The molecule has 0 aromatic heterocycles. The molecule has 1 aliphatic heterocycles. The van der Waals surface area contributed by atoms with Crippen molar-refractivity contribution in [3.05, 3.63) is 12.2 Å². The number of nitrogens with zero attached hydrogens (tertiary/aromatic N) is 1. The van der Waals surface area contributed by atoms with E-state index in [1.54, 1.807) is 0 Å². The standard InChI is InChI=1S/C6H6FNO/c1-4-5(7)2-3-6(9)8-4/h2-3,5H,1H3. The summed E-state index contributed by atoms with van der Waals surface area (Å²) >= 11 is 0. The molecule has 0 aromatic rings. The van der Waals surface area contributed by atoms with E-state index >= 15 is 0 Å². The van der Waals surface area contributed by atoms with Crippen LogP contribution in [0.3, 0.4) is 0 Å². The van der Waals surface area contributed by atoms with Crippen molar-refractivity contribution in [3.63, 3.8) is 0 Å². The third-order valence-electron chi connectivity index (χ3n) is 1.09. The van der Waals surface area contributed by atoms with Crippen molar-refractivity contribution in [2.24, 2.45) is 4.99 Å². The molecule has 0 aliphatic carbocycles. The molecule has 1 amide bonds. The normalized spacial score (nSPS) is 26.2. The van der Waals surface area contributed by atoms with E-state index in [0.717, 1.165) is 6.08 Å². The van der Waals surface area contributed by atoms with Gasteiger partial charge >= 0.3 is 0 Å². The van der Waals surface area contributed by atoms with Gasteiger partial charge in [0.15, 0.2) is 6.17 Å². The summed E-state index contributed by atoms with van der Waals surface area (Å²) in [4.78, 5) is 13.8. The number of carbonyl (C=O) groups excluding carboxylic acids is 1. The number of aliphatic imine (C=N–C) groups is 1. The minimum Gasteiger partial charge on any atom is -0.267 e. The average Bonchev–Trinajstić information content (AvgIpc) is 1.80. The molecule has 0 aromatic carbocycles. The lowest BCUT2D eigenvalue weighted by Gasteiger charge is -2.03. The van der Waals surface area contributed by atoms with Crippen LogP contribution in [0.4, 0.5) is 4.39 Å². The zero-order valence-corrected chi connectivity index (χ0v) is 4.97. The molecule has 0 N–H and O–H groups in total. The molecule has 0 bridgehead atoms. The first-order valence-electron chi connectivity index (χ1n) is 2.61. The van der Waals surface area contributed by atoms with Gasteiger partial charge in [0.25, 0.3) is 5.91 Å². The summed E-state index contributed by atoms with van der Waals surface area (Å²) in [7, 11) is 0. The van der Waals surface area contributed by atoms with Gasteiger partial charge in [-0.25, -0.2) is 9.38 Å². The second-order valence-electron chi connectivity index (χ2n) is 1.85. The zero-order valence-electron chi connectivity index (χ0n) is 4.97. The second kappa shape index (κ2) is 2.09. The van der Waals surface area contributed by atoms with Gasteiger partial charge in [0.2, 0.25) is 0 Å². The Morgan fingerprint density at radius 1 is 1.78 bits per heavy atom. The van der Waals surface area contributed by atoms with E-state index in [1.165, 1.54) is 13.0 Å². The quantitative estimate of drug-likeness (QED) is 0.475. The first-order chi connectivity index (χ1) is 4.20. The van der Waals surface area contributed by atoms with Crippen LogP contribution in [0.1, 0.15) is 6.92 Å². The summed E-state index contributed by atoms with van der Waals surface area (Å²) in [5, 5.41) is 0. The first-order valence-corrected chi connectivity index (χ1v) is 2.61. The fraction of sp³-hybridized carbons (Fsp3) is 0.333. The number of hydrogen-bond donors (Lipinski definition) is 0. The van der Waals surface area contributed by atoms with Gasteiger partial charge in [-0.1, -0.05) is 0 Å². The highest BCUT2D eigenvalue weighted by Crippen LogP contribution is 2.03. The third kappa shape index (κ3) is 1.22. The van der Waals surface area contributed by atoms with E-state index in [-0.39, 0.29) is 11.6 Å². The Bertz CT molecular complexity index is 195. The molecular weight excluding hydrogens is 121 g/mol. The lowest BCUT2D eigenvalue weighted by molar-refractivity contribution is -0.113. The molecule has 3 heteroatoms. The number of amides is 1. The van der Waals surface area contributed by atoms with E-state index in [2.05, 4.69) is 4.99 Å². The van der Waals surface area contributed by atoms with Crippen LogP contribution in [0.5, 0.6) is 0 Å². The van der Waals surface area contributed by atoms with Crippen LogP contribution in [0.25, 0.3) is 0 Å². The highest BCUT2D eigenvalue weighted by atomic mass is 19.1. The van der Waals surface area contributed by atoms with Gasteiger partial charge in [0.1, 0.15) is 0 Å². The number of allylic oxidation sites excluding steroid dienone is 1. The molecule has 0 saturated heterocycles. The Hall–Kier alpha value is -0.990. The summed E-state index contributed by atoms with van der Waals surface area (Å²) < 4.78 is 12.4. The van der Waals surface area contributed by atoms with Gasteiger partial charge in [-0.3, -0.25) is 4.79 Å². The molecule has 0 fully saturated rings. The molecule has 1 unspecified atom stereocenters. The van der Waals surface area contributed by atoms with Gasteiger partial charge in [0, 0.05) is 6.08 Å². The van der Waals surface area contributed by atoms with E-state index in [1.807, 2.05) is 0 Å². The predicted octanol–water partition coefficient (Wildman–Crippen LogP) is 0.882. The largest absolute Gasteiger partial charge is 0.269 e. The van der Waals surface area contributed by atoms with Gasteiger partial charge in [0.05, 0.1) is 5.71 Å². The van der Waals surface area contributed by atoms with Gasteiger partial charge < -0.3 is 0 Å². The number of halogens is 1. The molecule has 0 spiro atoms. The van der Waals surface area contributed by atoms with Crippen molar-refractivity contribution in [2.45, 2.75) is 13.1 Å². The topological polar surface area (TPSA) is 29.4 Å². The summed E-state index contributed by atoms with van der Waals surface area (Å²) in [6.07, 6.45) is 1.17. The van der Waals surface area contributed by atoms with Crippen LogP contribution in [0.15, 0.2) is 17.1 Å². The lowest BCUT2D eigenvalue weighted by Crippen LogP contribution is -2.14.